The minimum atomic E-state index is -3.26. The first-order chi connectivity index (χ1) is 18.0. The molecular weight excluding hydrogens is 498 g/mol. The van der Waals surface area contributed by atoms with E-state index in [-0.39, 0.29) is 11.7 Å². The number of piperidine rings is 1. The number of amides is 1. The van der Waals surface area contributed by atoms with Crippen LogP contribution in [0.3, 0.4) is 0 Å². The number of nitrogens with one attached hydrogen (secondary N) is 2. The van der Waals surface area contributed by atoms with E-state index in [2.05, 4.69) is 48.4 Å². The van der Waals surface area contributed by atoms with E-state index in [1.807, 2.05) is 37.3 Å². The summed E-state index contributed by atoms with van der Waals surface area (Å²) in [5.41, 5.74) is 11.3. The van der Waals surface area contributed by atoms with Crippen LogP contribution in [0.15, 0.2) is 42.6 Å². The van der Waals surface area contributed by atoms with Crippen LogP contribution in [0.2, 0.25) is 0 Å². The first-order valence-electron chi connectivity index (χ1n) is 13.4. The van der Waals surface area contributed by atoms with Gasteiger partial charge in [-0.2, -0.15) is 0 Å². The fraction of sp³-hybridized carbons (Fsp3) is 0.483. The lowest BCUT2D eigenvalue weighted by atomic mass is 9.88. The van der Waals surface area contributed by atoms with Crippen molar-refractivity contribution in [1.29, 1.82) is 0 Å². The van der Waals surface area contributed by atoms with Gasteiger partial charge in [0.2, 0.25) is 10.0 Å². The molecule has 1 aromatic heterocycles. The number of carbonyl (C=O) groups is 1. The smallest absolute Gasteiger partial charge is 0.250 e. The quantitative estimate of drug-likeness (QED) is 0.342. The van der Waals surface area contributed by atoms with Gasteiger partial charge in [-0.15, -0.1) is 0 Å². The number of hydrogen-bond donors (Lipinski definition) is 3. The summed E-state index contributed by atoms with van der Waals surface area (Å²) >= 11 is 0. The van der Waals surface area contributed by atoms with Crippen molar-refractivity contribution in [3.63, 3.8) is 0 Å². The van der Waals surface area contributed by atoms with Crippen molar-refractivity contribution < 1.29 is 13.2 Å². The maximum absolute atomic E-state index is 12.9. The lowest BCUT2D eigenvalue weighted by Gasteiger charge is -2.31. The van der Waals surface area contributed by atoms with E-state index < -0.39 is 15.9 Å². The van der Waals surface area contributed by atoms with E-state index in [4.69, 9.17) is 5.73 Å². The van der Waals surface area contributed by atoms with Gasteiger partial charge in [0.25, 0.3) is 5.91 Å². The largest absolute Gasteiger partial charge is 0.366 e. The number of primary amides is 1. The highest BCUT2D eigenvalue weighted by Gasteiger charge is 2.30. The molecule has 1 saturated heterocycles. The van der Waals surface area contributed by atoms with Crippen LogP contribution >= 0.6 is 0 Å². The van der Waals surface area contributed by atoms with E-state index in [9.17, 15) is 13.2 Å². The van der Waals surface area contributed by atoms with Gasteiger partial charge in [0.1, 0.15) is 0 Å². The van der Waals surface area contributed by atoms with Gasteiger partial charge in [0.05, 0.1) is 16.8 Å². The van der Waals surface area contributed by atoms with E-state index in [0.717, 1.165) is 53.5 Å². The molecule has 0 aliphatic carbocycles. The van der Waals surface area contributed by atoms with Gasteiger partial charge in [0.15, 0.2) is 0 Å². The first kappa shape index (κ1) is 28.3. The van der Waals surface area contributed by atoms with Crippen molar-refractivity contribution in [2.45, 2.75) is 51.6 Å². The first-order valence-corrected chi connectivity index (χ1v) is 15.1. The number of aromatic nitrogens is 1. The second-order valence-electron chi connectivity index (χ2n) is 10.9. The Bertz CT molecular complexity index is 1370. The molecule has 0 atom stereocenters. The van der Waals surface area contributed by atoms with Crippen LogP contribution in [-0.4, -0.2) is 74.0 Å². The number of nitrogens with zero attached hydrogens (tertiary/aromatic N) is 2. The number of nitrogens with two attached hydrogens (primary N) is 1. The van der Waals surface area contributed by atoms with E-state index in [1.54, 1.807) is 4.31 Å². The minimum absolute atomic E-state index is 0.181. The number of carbonyl (C=O) groups excluding carboxylic acids is 1. The molecule has 4 N–H and O–H groups in total. The molecule has 8 nitrogen and oxygen atoms in total. The fourth-order valence-electron chi connectivity index (χ4n) is 5.27. The monoisotopic (exact) mass is 539 g/mol. The van der Waals surface area contributed by atoms with Crippen molar-refractivity contribution in [3.8, 4) is 11.1 Å². The Labute approximate surface area is 226 Å². The lowest BCUT2D eigenvalue weighted by molar-refractivity contribution is 0.100. The second kappa shape index (κ2) is 12.0. The Hall–Kier alpha value is -2.72. The van der Waals surface area contributed by atoms with Crippen molar-refractivity contribution >= 4 is 26.8 Å². The fourth-order valence-corrected chi connectivity index (χ4v) is 6.79. The Kier molecular flexibility index (Phi) is 8.92. The molecule has 206 valence electrons. The summed E-state index contributed by atoms with van der Waals surface area (Å²) in [4.78, 5) is 17.7. The number of aromatic amines is 1. The zero-order valence-corrected chi connectivity index (χ0v) is 23.8. The molecule has 38 heavy (non-hydrogen) atoms. The summed E-state index contributed by atoms with van der Waals surface area (Å²) in [5, 5.41) is 4.43. The van der Waals surface area contributed by atoms with Crippen LogP contribution in [0.1, 0.15) is 60.5 Å². The van der Waals surface area contributed by atoms with Gasteiger partial charge < -0.3 is 20.9 Å². The molecular formula is C29H41N5O3S. The summed E-state index contributed by atoms with van der Waals surface area (Å²) < 4.78 is 27.3. The average molecular weight is 540 g/mol. The molecule has 0 radical (unpaired) electrons. The predicted molar refractivity (Wildman–Crippen MR) is 155 cm³/mol. The maximum Gasteiger partial charge on any atom is 0.250 e. The molecule has 3 aromatic rings. The van der Waals surface area contributed by atoms with Crippen LogP contribution in [0.4, 0.5) is 0 Å². The van der Waals surface area contributed by atoms with Gasteiger partial charge >= 0.3 is 0 Å². The lowest BCUT2D eigenvalue weighted by Crippen LogP contribution is -2.39. The minimum Gasteiger partial charge on any atom is -0.366 e. The van der Waals surface area contributed by atoms with Gasteiger partial charge in [-0.05, 0) is 86.3 Å². The number of rotatable bonds is 11. The van der Waals surface area contributed by atoms with Crippen LogP contribution in [0.5, 0.6) is 0 Å². The Morgan fingerprint density at radius 1 is 1.16 bits per heavy atom. The van der Waals surface area contributed by atoms with E-state index >= 15 is 0 Å². The summed E-state index contributed by atoms with van der Waals surface area (Å²) in [6.07, 6.45) is 4.08. The van der Waals surface area contributed by atoms with E-state index in [0.29, 0.717) is 31.1 Å². The molecule has 2 heterocycles. The highest BCUT2D eigenvalue weighted by molar-refractivity contribution is 7.89. The van der Waals surface area contributed by atoms with Crippen LogP contribution in [0.25, 0.3) is 22.0 Å². The van der Waals surface area contributed by atoms with Gasteiger partial charge in [-0.3, -0.25) is 4.79 Å². The number of benzene rings is 2. The van der Waals surface area contributed by atoms with Gasteiger partial charge in [-0.1, -0.05) is 32.0 Å². The average Bonchev–Trinajstić information content (AvgIpc) is 3.30. The summed E-state index contributed by atoms with van der Waals surface area (Å²) in [6.45, 7) is 6.78. The van der Waals surface area contributed by atoms with E-state index in [1.165, 1.54) is 5.56 Å². The summed E-state index contributed by atoms with van der Waals surface area (Å²) in [7, 11) is 0.651. The number of hydrogen-bond acceptors (Lipinski definition) is 5. The van der Waals surface area contributed by atoms with Crippen LogP contribution in [0, 0.1) is 0 Å². The van der Waals surface area contributed by atoms with Crippen LogP contribution < -0.4 is 11.1 Å². The molecule has 1 aliphatic heterocycles. The highest BCUT2D eigenvalue weighted by atomic mass is 32.2. The molecule has 0 spiro atoms. The van der Waals surface area contributed by atoms with Crippen molar-refractivity contribution in [3.05, 3.63) is 59.3 Å². The Morgan fingerprint density at radius 2 is 1.89 bits per heavy atom. The standard InChI is InChI=1S/C29H41N5O3S/c1-20(2)31-18-21-7-5-8-23(15-21)24-16-25-27(19-32-28(25)26(17-24)29(30)35)22-9-12-34(13-10-22)38(36,37)14-6-11-33(3)4/h5,7-8,15-17,19-20,22,31-32H,6,9-14,18H2,1-4H3,(H2,30,35). The third kappa shape index (κ3) is 6.64. The topological polar surface area (TPSA) is 112 Å². The third-order valence-electron chi connectivity index (χ3n) is 7.36. The summed E-state index contributed by atoms with van der Waals surface area (Å²) in [5.74, 6) is -0.0870. The predicted octanol–water partition coefficient (Wildman–Crippen LogP) is 3.89. The molecule has 2 aromatic carbocycles. The Balaban J connectivity index is 1.58. The number of sulfonamides is 1. The molecule has 1 aliphatic rings. The Morgan fingerprint density at radius 3 is 2.55 bits per heavy atom. The zero-order chi connectivity index (χ0) is 27.4. The molecule has 9 heteroatoms. The summed E-state index contributed by atoms with van der Waals surface area (Å²) in [6, 6.07) is 12.7. The van der Waals surface area contributed by atoms with Crippen LogP contribution in [-0.2, 0) is 16.6 Å². The molecule has 0 bridgehead atoms. The zero-order valence-electron chi connectivity index (χ0n) is 23.0. The van der Waals surface area contributed by atoms with Crippen molar-refractivity contribution in [1.82, 2.24) is 19.5 Å². The normalized spacial score (nSPS) is 15.6. The third-order valence-corrected chi connectivity index (χ3v) is 9.31. The molecule has 0 unspecified atom stereocenters. The maximum atomic E-state index is 12.9. The number of fused-ring (bicyclic) bond motifs is 1. The molecule has 1 amide bonds. The second-order valence-corrected chi connectivity index (χ2v) is 13.0. The molecule has 1 fully saturated rings. The number of H-pyrrole nitrogens is 1. The van der Waals surface area contributed by atoms with Crippen molar-refractivity contribution in [2.24, 2.45) is 5.73 Å². The SMILES string of the molecule is CC(C)NCc1cccc(-c2cc(C(N)=O)c3[nH]cc(C4CCN(S(=O)(=O)CCCN(C)C)CC4)c3c2)c1. The van der Waals surface area contributed by atoms with Gasteiger partial charge in [-0.25, -0.2) is 12.7 Å². The highest BCUT2D eigenvalue weighted by Crippen LogP contribution is 2.37. The molecule has 0 saturated carbocycles. The van der Waals surface area contributed by atoms with Crippen molar-refractivity contribution in [2.75, 3.05) is 39.5 Å². The van der Waals surface area contributed by atoms with Gasteiger partial charge in [0, 0.05) is 37.3 Å². The molecule has 4 rings (SSSR count).